The maximum Gasteiger partial charge on any atom is 0.262 e. The van der Waals surface area contributed by atoms with Crippen molar-refractivity contribution in [3.63, 3.8) is 0 Å². The predicted molar refractivity (Wildman–Crippen MR) is 113 cm³/mol. The third kappa shape index (κ3) is 6.77. The van der Waals surface area contributed by atoms with Gasteiger partial charge in [0.15, 0.2) is 0 Å². The van der Waals surface area contributed by atoms with Gasteiger partial charge in [-0.05, 0) is 18.1 Å². The topological polar surface area (TPSA) is 64.7 Å². The second-order valence-electron chi connectivity index (χ2n) is 7.15. The maximum absolute atomic E-state index is 13.3. The van der Waals surface area contributed by atoms with Crippen molar-refractivity contribution >= 4 is 42.3 Å². The lowest BCUT2D eigenvalue weighted by molar-refractivity contribution is -0.135. The summed E-state index contributed by atoms with van der Waals surface area (Å²) in [4.78, 5) is 28.3. The van der Waals surface area contributed by atoms with Crippen LogP contribution in [0.25, 0.3) is 0 Å². The van der Waals surface area contributed by atoms with E-state index in [1.807, 2.05) is 36.1 Å². The quantitative estimate of drug-likeness (QED) is 0.718. The Balaban J connectivity index is 0.00000210. The highest BCUT2D eigenvalue weighted by molar-refractivity contribution is 5.93. The van der Waals surface area contributed by atoms with E-state index in [1.165, 1.54) is 0 Å². The zero-order chi connectivity index (χ0) is 19.4. The minimum absolute atomic E-state index is 0. The van der Waals surface area contributed by atoms with Crippen LogP contribution in [0.5, 0.6) is 0 Å². The molecule has 3 rings (SSSR count). The monoisotopic (exact) mass is 452 g/mol. The van der Waals surface area contributed by atoms with E-state index >= 15 is 0 Å². The smallest absolute Gasteiger partial charge is 0.262 e. The summed E-state index contributed by atoms with van der Waals surface area (Å²) in [6, 6.07) is 6.90. The minimum atomic E-state index is -2.81. The average Bonchev–Trinajstić information content (AvgIpc) is 3.02. The number of carbonyl (C=O) groups is 2. The van der Waals surface area contributed by atoms with Crippen molar-refractivity contribution in [2.45, 2.75) is 31.7 Å². The molecule has 0 aromatic heterocycles. The molecule has 0 aliphatic carbocycles. The second kappa shape index (κ2) is 11.1. The van der Waals surface area contributed by atoms with Gasteiger partial charge >= 0.3 is 0 Å². The summed E-state index contributed by atoms with van der Waals surface area (Å²) in [5.41, 5.74) is 1.91. The first kappa shape index (κ1) is 25.6. The second-order valence-corrected chi connectivity index (χ2v) is 7.15. The first-order chi connectivity index (χ1) is 12.9. The number of aryl methyl sites for hydroxylation is 1. The van der Waals surface area contributed by atoms with Crippen LogP contribution in [0.4, 0.5) is 14.5 Å². The number of alkyl halides is 2. The van der Waals surface area contributed by atoms with Crippen molar-refractivity contribution in [1.82, 2.24) is 15.1 Å². The number of nitrogens with zero attached hydrogens (tertiary/aromatic N) is 2. The molecule has 2 fully saturated rings. The molecule has 1 aromatic carbocycles. The number of hydrogen-bond donors (Lipinski definition) is 2. The van der Waals surface area contributed by atoms with Crippen LogP contribution < -0.4 is 10.6 Å². The van der Waals surface area contributed by atoms with Crippen molar-refractivity contribution in [3.05, 3.63) is 29.8 Å². The van der Waals surface area contributed by atoms with E-state index in [4.69, 9.17) is 0 Å². The Morgan fingerprint density at radius 1 is 1.17 bits per heavy atom. The molecule has 0 radical (unpaired) electrons. The highest BCUT2D eigenvalue weighted by Crippen LogP contribution is 2.26. The number of benzene rings is 1. The molecule has 0 saturated carbocycles. The van der Waals surface area contributed by atoms with Gasteiger partial charge in [0.05, 0.1) is 19.1 Å². The van der Waals surface area contributed by atoms with Crippen LogP contribution in [-0.2, 0) is 16.0 Å². The minimum Gasteiger partial charge on any atom is -0.339 e. The Labute approximate surface area is 182 Å². The SMILES string of the molecule is CCc1ccccc1NC(=O)CN1CCN(C(=O)C2CC(F)(F)CN2)CC1.Cl.Cl. The highest BCUT2D eigenvalue weighted by Gasteiger charge is 2.43. The Kier molecular flexibility index (Phi) is 9.75. The van der Waals surface area contributed by atoms with Crippen LogP contribution in [0.3, 0.4) is 0 Å². The van der Waals surface area contributed by atoms with Gasteiger partial charge < -0.3 is 10.2 Å². The van der Waals surface area contributed by atoms with Crippen molar-refractivity contribution in [2.24, 2.45) is 0 Å². The van der Waals surface area contributed by atoms with Gasteiger partial charge in [-0.25, -0.2) is 8.78 Å². The Morgan fingerprint density at radius 3 is 2.41 bits per heavy atom. The van der Waals surface area contributed by atoms with Crippen LogP contribution in [-0.4, -0.2) is 72.8 Å². The van der Waals surface area contributed by atoms with E-state index in [2.05, 4.69) is 10.6 Å². The number of amides is 2. The third-order valence-electron chi connectivity index (χ3n) is 5.13. The molecule has 2 aliphatic heterocycles. The zero-order valence-electron chi connectivity index (χ0n) is 16.3. The fraction of sp³-hybridized carbons (Fsp3) is 0.579. The molecule has 2 saturated heterocycles. The summed E-state index contributed by atoms with van der Waals surface area (Å²) in [5, 5.41) is 5.55. The molecule has 164 valence electrons. The van der Waals surface area contributed by atoms with Crippen molar-refractivity contribution < 1.29 is 18.4 Å². The standard InChI is InChI=1S/C19H26F2N4O2.2ClH/c1-2-14-5-3-4-6-15(14)23-17(26)12-24-7-9-25(10-8-24)18(27)16-11-19(20,21)13-22-16;;/h3-6,16,22H,2,7-13H2,1H3,(H,23,26);2*1H. The van der Waals surface area contributed by atoms with Crippen molar-refractivity contribution in [1.29, 1.82) is 0 Å². The maximum atomic E-state index is 13.3. The van der Waals surface area contributed by atoms with Gasteiger partial charge in [-0.15, -0.1) is 24.8 Å². The fourth-order valence-corrected chi connectivity index (χ4v) is 3.58. The number of nitrogens with one attached hydrogen (secondary N) is 2. The number of rotatable bonds is 5. The molecule has 10 heteroatoms. The lowest BCUT2D eigenvalue weighted by Gasteiger charge is -2.35. The van der Waals surface area contributed by atoms with E-state index in [0.29, 0.717) is 26.2 Å². The zero-order valence-corrected chi connectivity index (χ0v) is 18.0. The molecule has 0 bridgehead atoms. The van der Waals surface area contributed by atoms with Crippen molar-refractivity contribution in [2.75, 3.05) is 44.6 Å². The summed E-state index contributed by atoms with van der Waals surface area (Å²) in [5.74, 6) is -3.17. The number of hydrogen-bond acceptors (Lipinski definition) is 4. The van der Waals surface area contributed by atoms with E-state index < -0.39 is 24.9 Å². The Bertz CT molecular complexity index is 701. The van der Waals surface area contributed by atoms with Gasteiger partial charge in [0.1, 0.15) is 0 Å². The molecule has 6 nitrogen and oxygen atoms in total. The molecule has 2 heterocycles. The molecule has 1 aromatic rings. The molecule has 2 N–H and O–H groups in total. The highest BCUT2D eigenvalue weighted by atomic mass is 35.5. The third-order valence-corrected chi connectivity index (χ3v) is 5.13. The summed E-state index contributed by atoms with van der Waals surface area (Å²) >= 11 is 0. The lowest BCUT2D eigenvalue weighted by atomic mass is 10.1. The predicted octanol–water partition coefficient (Wildman–Crippen LogP) is 2.17. The van der Waals surface area contributed by atoms with Gasteiger partial charge in [0.2, 0.25) is 11.8 Å². The Hall–Kier alpha value is -1.48. The number of anilines is 1. The molecule has 29 heavy (non-hydrogen) atoms. The molecule has 1 atom stereocenters. The number of para-hydroxylation sites is 1. The van der Waals surface area contributed by atoms with Crippen molar-refractivity contribution in [3.8, 4) is 0 Å². The molecule has 1 unspecified atom stereocenters. The molecular formula is C19H28Cl2F2N4O2. The first-order valence-electron chi connectivity index (χ1n) is 9.38. The van der Waals surface area contributed by atoms with Crippen LogP contribution in [0.1, 0.15) is 18.9 Å². The van der Waals surface area contributed by atoms with E-state index in [-0.39, 0.29) is 43.2 Å². The van der Waals surface area contributed by atoms with Gasteiger partial charge in [0, 0.05) is 38.3 Å². The summed E-state index contributed by atoms with van der Waals surface area (Å²) in [6.07, 6.45) is 0.400. The summed E-state index contributed by atoms with van der Waals surface area (Å²) in [7, 11) is 0. The summed E-state index contributed by atoms with van der Waals surface area (Å²) in [6.45, 7) is 3.84. The van der Waals surface area contributed by atoms with E-state index in [1.54, 1.807) is 4.90 Å². The van der Waals surface area contributed by atoms with E-state index in [0.717, 1.165) is 17.7 Å². The molecule has 0 spiro atoms. The Morgan fingerprint density at radius 2 is 1.83 bits per heavy atom. The van der Waals surface area contributed by atoms with Gasteiger partial charge in [-0.1, -0.05) is 25.1 Å². The van der Waals surface area contributed by atoms with Crippen LogP contribution in [0.15, 0.2) is 24.3 Å². The normalized spacial score (nSPS) is 21.1. The number of piperazine rings is 1. The van der Waals surface area contributed by atoms with Crippen LogP contribution >= 0.6 is 24.8 Å². The average molecular weight is 453 g/mol. The molecule has 2 aliphatic rings. The van der Waals surface area contributed by atoms with E-state index in [9.17, 15) is 18.4 Å². The number of carbonyl (C=O) groups excluding carboxylic acids is 2. The first-order valence-corrected chi connectivity index (χ1v) is 9.38. The number of halogens is 4. The molecular weight excluding hydrogens is 425 g/mol. The lowest BCUT2D eigenvalue weighted by Crippen LogP contribution is -2.54. The van der Waals surface area contributed by atoms with Gasteiger partial charge in [0.25, 0.3) is 5.92 Å². The largest absolute Gasteiger partial charge is 0.339 e. The summed E-state index contributed by atoms with van der Waals surface area (Å²) < 4.78 is 26.5. The fourth-order valence-electron chi connectivity index (χ4n) is 3.58. The van der Waals surface area contributed by atoms with Gasteiger partial charge in [-0.2, -0.15) is 0 Å². The molecule has 2 amide bonds. The van der Waals surface area contributed by atoms with Gasteiger partial charge in [-0.3, -0.25) is 19.8 Å². The van der Waals surface area contributed by atoms with Crippen LogP contribution in [0.2, 0.25) is 0 Å². The van der Waals surface area contributed by atoms with Crippen LogP contribution in [0, 0.1) is 0 Å².